The molecule has 2 heterocycles. The standard InChI is InChI=1S/C12H17N5S/c1-7-11(13)14-8(2)15-12(7)17(4)5-10-6-18-9(3)16-10/h6H,5H2,1-4H3,(H2,13,14,15). The number of hydrogen-bond acceptors (Lipinski definition) is 6. The first-order chi connectivity index (χ1) is 8.47. The molecule has 18 heavy (non-hydrogen) atoms. The van der Waals surface area contributed by atoms with Crippen LogP contribution in [0.25, 0.3) is 0 Å². The molecule has 2 aromatic rings. The molecule has 0 aliphatic carbocycles. The summed E-state index contributed by atoms with van der Waals surface area (Å²) in [6.45, 7) is 6.51. The van der Waals surface area contributed by atoms with Gasteiger partial charge in [-0.2, -0.15) is 0 Å². The fourth-order valence-electron chi connectivity index (χ4n) is 1.81. The predicted molar refractivity (Wildman–Crippen MR) is 74.9 cm³/mol. The van der Waals surface area contributed by atoms with Gasteiger partial charge in [-0.3, -0.25) is 0 Å². The molecule has 0 aliphatic heterocycles. The normalized spacial score (nSPS) is 10.7. The van der Waals surface area contributed by atoms with Crippen molar-refractivity contribution in [3.05, 3.63) is 27.5 Å². The predicted octanol–water partition coefficient (Wildman–Crippen LogP) is 2.08. The second-order valence-corrected chi connectivity index (χ2v) is 5.38. The Balaban J connectivity index is 2.26. The zero-order valence-electron chi connectivity index (χ0n) is 11.1. The van der Waals surface area contributed by atoms with Crippen LogP contribution in [0.3, 0.4) is 0 Å². The van der Waals surface area contributed by atoms with E-state index in [-0.39, 0.29) is 0 Å². The molecule has 0 amide bonds. The molecule has 0 unspecified atom stereocenters. The highest BCUT2D eigenvalue weighted by Gasteiger charge is 2.12. The van der Waals surface area contributed by atoms with E-state index >= 15 is 0 Å². The van der Waals surface area contributed by atoms with Crippen LogP contribution in [0, 0.1) is 20.8 Å². The fourth-order valence-corrected chi connectivity index (χ4v) is 2.41. The Morgan fingerprint density at radius 3 is 2.56 bits per heavy atom. The summed E-state index contributed by atoms with van der Waals surface area (Å²) in [5, 5.41) is 3.15. The maximum Gasteiger partial charge on any atom is 0.137 e. The third kappa shape index (κ3) is 2.59. The lowest BCUT2D eigenvalue weighted by Crippen LogP contribution is -2.20. The van der Waals surface area contributed by atoms with Gasteiger partial charge in [0, 0.05) is 18.0 Å². The van der Waals surface area contributed by atoms with Crippen LogP contribution in [0.1, 0.15) is 22.1 Å². The number of thiazole rings is 1. The Hall–Kier alpha value is -1.69. The number of aryl methyl sites for hydroxylation is 2. The van der Waals surface area contributed by atoms with Crippen LogP contribution in [0.15, 0.2) is 5.38 Å². The maximum absolute atomic E-state index is 5.87. The Bertz CT molecular complexity index is 564. The molecule has 2 N–H and O–H groups in total. The highest BCUT2D eigenvalue weighted by molar-refractivity contribution is 7.09. The monoisotopic (exact) mass is 263 g/mol. The second kappa shape index (κ2) is 4.89. The van der Waals surface area contributed by atoms with Crippen LogP contribution in [0.2, 0.25) is 0 Å². The van der Waals surface area contributed by atoms with E-state index in [1.54, 1.807) is 11.3 Å². The maximum atomic E-state index is 5.87. The van der Waals surface area contributed by atoms with Gasteiger partial charge in [0.05, 0.1) is 17.2 Å². The quantitative estimate of drug-likeness (QED) is 0.918. The molecular formula is C12H17N5S. The molecule has 0 saturated heterocycles. The Morgan fingerprint density at radius 1 is 1.22 bits per heavy atom. The van der Waals surface area contributed by atoms with Gasteiger partial charge in [-0.05, 0) is 20.8 Å². The second-order valence-electron chi connectivity index (χ2n) is 4.32. The molecule has 0 fully saturated rings. The Kier molecular flexibility index (Phi) is 3.47. The van der Waals surface area contributed by atoms with Crippen molar-refractivity contribution in [2.75, 3.05) is 17.7 Å². The van der Waals surface area contributed by atoms with E-state index in [4.69, 9.17) is 5.73 Å². The lowest BCUT2D eigenvalue weighted by molar-refractivity contribution is 0.851. The van der Waals surface area contributed by atoms with Gasteiger partial charge in [-0.25, -0.2) is 15.0 Å². The molecule has 0 aliphatic rings. The molecular weight excluding hydrogens is 246 g/mol. The number of nitrogens with zero attached hydrogens (tertiary/aromatic N) is 4. The van der Waals surface area contributed by atoms with Gasteiger partial charge >= 0.3 is 0 Å². The van der Waals surface area contributed by atoms with Crippen LogP contribution < -0.4 is 10.6 Å². The van der Waals surface area contributed by atoms with Crippen molar-refractivity contribution >= 4 is 23.0 Å². The van der Waals surface area contributed by atoms with Crippen LogP contribution in [-0.2, 0) is 6.54 Å². The molecule has 2 aromatic heterocycles. The lowest BCUT2D eigenvalue weighted by Gasteiger charge is -2.20. The van der Waals surface area contributed by atoms with E-state index in [1.807, 2.05) is 27.8 Å². The Labute approximate surface area is 111 Å². The summed E-state index contributed by atoms with van der Waals surface area (Å²) in [5.74, 6) is 2.10. The van der Waals surface area contributed by atoms with Crippen molar-refractivity contribution in [2.45, 2.75) is 27.3 Å². The highest BCUT2D eigenvalue weighted by atomic mass is 32.1. The van der Waals surface area contributed by atoms with E-state index in [2.05, 4.69) is 25.2 Å². The van der Waals surface area contributed by atoms with Crippen LogP contribution >= 0.6 is 11.3 Å². The molecule has 0 atom stereocenters. The number of rotatable bonds is 3. The largest absolute Gasteiger partial charge is 0.383 e. The van der Waals surface area contributed by atoms with Gasteiger partial charge < -0.3 is 10.6 Å². The minimum atomic E-state index is 0.541. The number of anilines is 2. The summed E-state index contributed by atoms with van der Waals surface area (Å²) >= 11 is 1.66. The molecule has 0 aromatic carbocycles. The van der Waals surface area contributed by atoms with Crippen LogP contribution in [-0.4, -0.2) is 22.0 Å². The van der Waals surface area contributed by atoms with Crippen LogP contribution in [0.4, 0.5) is 11.6 Å². The van der Waals surface area contributed by atoms with Crippen molar-refractivity contribution in [2.24, 2.45) is 0 Å². The smallest absolute Gasteiger partial charge is 0.137 e. The average molecular weight is 263 g/mol. The molecule has 0 saturated carbocycles. The minimum Gasteiger partial charge on any atom is -0.383 e. The summed E-state index contributed by atoms with van der Waals surface area (Å²) in [5.41, 5.74) is 7.83. The van der Waals surface area contributed by atoms with Crippen molar-refractivity contribution < 1.29 is 0 Å². The first kappa shape index (κ1) is 12.8. The fraction of sp³-hybridized carbons (Fsp3) is 0.417. The lowest BCUT2D eigenvalue weighted by atomic mass is 10.3. The third-order valence-corrected chi connectivity index (χ3v) is 3.52. The van der Waals surface area contributed by atoms with Gasteiger partial charge in [0.25, 0.3) is 0 Å². The number of nitrogens with two attached hydrogens (primary N) is 1. The average Bonchev–Trinajstić information content (AvgIpc) is 2.69. The topological polar surface area (TPSA) is 67.9 Å². The highest BCUT2D eigenvalue weighted by Crippen LogP contribution is 2.22. The van der Waals surface area contributed by atoms with Gasteiger partial charge in [-0.15, -0.1) is 11.3 Å². The molecule has 2 rings (SSSR count). The summed E-state index contributed by atoms with van der Waals surface area (Å²) in [6, 6.07) is 0. The van der Waals surface area contributed by atoms with Gasteiger partial charge in [0.1, 0.15) is 17.5 Å². The van der Waals surface area contributed by atoms with Gasteiger partial charge in [-0.1, -0.05) is 0 Å². The zero-order valence-corrected chi connectivity index (χ0v) is 11.9. The van der Waals surface area contributed by atoms with Crippen molar-refractivity contribution in [1.82, 2.24) is 15.0 Å². The summed E-state index contributed by atoms with van der Waals surface area (Å²) in [6.07, 6.45) is 0. The van der Waals surface area contributed by atoms with Crippen LogP contribution in [0.5, 0.6) is 0 Å². The van der Waals surface area contributed by atoms with Gasteiger partial charge in [0.2, 0.25) is 0 Å². The third-order valence-electron chi connectivity index (χ3n) is 2.70. The molecule has 96 valence electrons. The molecule has 6 heteroatoms. The van der Waals surface area contributed by atoms with Crippen molar-refractivity contribution in [3.63, 3.8) is 0 Å². The van der Waals surface area contributed by atoms with E-state index in [9.17, 15) is 0 Å². The van der Waals surface area contributed by atoms with Crippen molar-refractivity contribution in [1.29, 1.82) is 0 Å². The minimum absolute atomic E-state index is 0.541. The van der Waals surface area contributed by atoms with E-state index < -0.39 is 0 Å². The molecule has 5 nitrogen and oxygen atoms in total. The number of aromatic nitrogens is 3. The van der Waals surface area contributed by atoms with Crippen molar-refractivity contribution in [3.8, 4) is 0 Å². The molecule has 0 bridgehead atoms. The summed E-state index contributed by atoms with van der Waals surface area (Å²) in [4.78, 5) is 15.1. The van der Waals surface area contributed by atoms with E-state index in [0.29, 0.717) is 11.6 Å². The first-order valence-corrected chi connectivity index (χ1v) is 6.58. The zero-order chi connectivity index (χ0) is 13.3. The van der Waals surface area contributed by atoms with E-state index in [1.165, 1.54) is 0 Å². The SMILES string of the molecule is Cc1nc(N)c(C)c(N(C)Cc2csc(C)n2)n1. The number of hydrogen-bond donors (Lipinski definition) is 1. The summed E-state index contributed by atoms with van der Waals surface area (Å²) < 4.78 is 0. The Morgan fingerprint density at radius 2 is 1.94 bits per heavy atom. The summed E-state index contributed by atoms with van der Waals surface area (Å²) in [7, 11) is 1.99. The van der Waals surface area contributed by atoms with Gasteiger partial charge in [0.15, 0.2) is 0 Å². The number of nitrogen functional groups attached to an aromatic ring is 1. The molecule has 0 radical (unpaired) electrons. The first-order valence-electron chi connectivity index (χ1n) is 5.70. The van der Waals surface area contributed by atoms with E-state index in [0.717, 1.165) is 28.6 Å². The molecule has 0 spiro atoms.